The monoisotopic (exact) mass is 500 g/mol. The Morgan fingerprint density at radius 3 is 2.55 bits per heavy atom. The highest BCUT2D eigenvalue weighted by Crippen LogP contribution is 2.38. The number of hydrogen-bond acceptors (Lipinski definition) is 6. The maximum Gasteiger partial charge on any atom is 0.266 e. The molecule has 160 valence electrons. The van der Waals surface area contributed by atoms with Gasteiger partial charge < -0.3 is 14.2 Å². The summed E-state index contributed by atoms with van der Waals surface area (Å²) in [6.07, 6.45) is 7.08. The summed E-state index contributed by atoms with van der Waals surface area (Å²) in [6.45, 7) is 2.57. The van der Waals surface area contributed by atoms with E-state index in [1.165, 1.54) is 11.8 Å². The number of amidine groups is 1. The van der Waals surface area contributed by atoms with E-state index in [1.54, 1.807) is 31.3 Å². The van der Waals surface area contributed by atoms with Crippen LogP contribution in [0.3, 0.4) is 0 Å². The fourth-order valence-electron chi connectivity index (χ4n) is 2.83. The van der Waals surface area contributed by atoms with Crippen LogP contribution in [0.25, 0.3) is 6.08 Å². The van der Waals surface area contributed by atoms with Crippen LogP contribution in [0.4, 0.5) is 5.69 Å². The summed E-state index contributed by atoms with van der Waals surface area (Å²) in [5.74, 6) is 4.13. The lowest BCUT2D eigenvalue weighted by Crippen LogP contribution is -2.28. The molecule has 1 aliphatic rings. The molecule has 1 aliphatic heterocycles. The molecule has 1 saturated heterocycles. The molecular formula is C23H21BrN2O4S. The molecule has 0 aromatic heterocycles. The number of amides is 1. The highest BCUT2D eigenvalue weighted by Gasteiger charge is 2.32. The third kappa shape index (κ3) is 5.24. The topological polar surface area (TPSA) is 60.4 Å². The summed E-state index contributed by atoms with van der Waals surface area (Å²) < 4.78 is 16.9. The molecule has 0 bridgehead atoms. The van der Waals surface area contributed by atoms with Crippen LogP contribution in [0.1, 0.15) is 12.5 Å². The Bertz CT molecular complexity index is 1070. The number of benzene rings is 2. The second kappa shape index (κ2) is 10.4. The van der Waals surface area contributed by atoms with Crippen molar-refractivity contribution >= 4 is 50.5 Å². The molecule has 8 heteroatoms. The molecule has 0 radical (unpaired) electrons. The standard InChI is InChI=1S/C23H21BrN2O4S/c1-5-11-30-20-14-18(24)15(12-19(20)29-4)13-21-22(27)26(6-2)23(31-21)25-16-7-9-17(28-3)10-8-16/h1,7-10,12-14H,6,11H2,2-4H3/b21-13+,25-23?. The number of carbonyl (C=O) groups is 1. The lowest BCUT2D eigenvalue weighted by atomic mass is 10.2. The van der Waals surface area contributed by atoms with Gasteiger partial charge in [-0.3, -0.25) is 9.69 Å². The molecular weight excluding hydrogens is 480 g/mol. The Balaban J connectivity index is 1.93. The van der Waals surface area contributed by atoms with Crippen LogP contribution < -0.4 is 14.2 Å². The van der Waals surface area contributed by atoms with E-state index >= 15 is 0 Å². The van der Waals surface area contributed by atoms with Gasteiger partial charge in [0.05, 0.1) is 24.8 Å². The van der Waals surface area contributed by atoms with Gasteiger partial charge in [0.15, 0.2) is 16.7 Å². The van der Waals surface area contributed by atoms with Crippen molar-refractivity contribution in [3.05, 3.63) is 51.3 Å². The van der Waals surface area contributed by atoms with Gasteiger partial charge in [0.25, 0.3) is 5.91 Å². The highest BCUT2D eigenvalue weighted by atomic mass is 79.9. The quantitative estimate of drug-likeness (QED) is 0.390. The number of carbonyl (C=O) groups excluding carboxylic acids is 1. The molecule has 1 fully saturated rings. The minimum absolute atomic E-state index is 0.0988. The minimum atomic E-state index is -0.0988. The summed E-state index contributed by atoms with van der Waals surface area (Å²) in [4.78, 5) is 19.8. The lowest BCUT2D eigenvalue weighted by Gasteiger charge is -2.12. The summed E-state index contributed by atoms with van der Waals surface area (Å²) in [5.41, 5.74) is 1.52. The zero-order valence-corrected chi connectivity index (χ0v) is 19.7. The van der Waals surface area contributed by atoms with E-state index < -0.39 is 0 Å². The first-order chi connectivity index (χ1) is 15.0. The van der Waals surface area contributed by atoms with E-state index in [-0.39, 0.29) is 12.5 Å². The third-order valence-electron chi connectivity index (χ3n) is 4.38. The average Bonchev–Trinajstić information content (AvgIpc) is 3.07. The predicted molar refractivity (Wildman–Crippen MR) is 128 cm³/mol. The van der Waals surface area contributed by atoms with Gasteiger partial charge in [-0.15, -0.1) is 6.42 Å². The van der Waals surface area contributed by atoms with Crippen LogP contribution in [0, 0.1) is 12.3 Å². The van der Waals surface area contributed by atoms with Crippen LogP contribution in [-0.2, 0) is 4.79 Å². The molecule has 0 N–H and O–H groups in total. The number of ether oxygens (including phenoxy) is 3. The van der Waals surface area contributed by atoms with Gasteiger partial charge in [-0.1, -0.05) is 21.9 Å². The number of halogens is 1. The Labute approximate surface area is 194 Å². The predicted octanol–water partition coefficient (Wildman–Crippen LogP) is 5.10. The van der Waals surface area contributed by atoms with Gasteiger partial charge in [-0.05, 0) is 66.7 Å². The number of aliphatic imine (C=N–C) groups is 1. The molecule has 3 rings (SSSR count). The van der Waals surface area contributed by atoms with E-state index in [0.717, 1.165) is 21.5 Å². The molecule has 0 unspecified atom stereocenters. The van der Waals surface area contributed by atoms with Gasteiger partial charge >= 0.3 is 0 Å². The maximum absolute atomic E-state index is 13.0. The number of terminal acetylenes is 1. The smallest absolute Gasteiger partial charge is 0.266 e. The van der Waals surface area contributed by atoms with Gasteiger partial charge in [0.2, 0.25) is 0 Å². The average molecular weight is 501 g/mol. The maximum atomic E-state index is 13.0. The Kier molecular flexibility index (Phi) is 7.66. The van der Waals surface area contributed by atoms with Crippen molar-refractivity contribution in [3.63, 3.8) is 0 Å². The Morgan fingerprint density at radius 1 is 1.19 bits per heavy atom. The molecule has 2 aromatic rings. The van der Waals surface area contributed by atoms with Crippen LogP contribution >= 0.6 is 27.7 Å². The first-order valence-corrected chi connectivity index (χ1v) is 11.0. The van der Waals surface area contributed by atoms with E-state index in [4.69, 9.17) is 20.6 Å². The fraction of sp³-hybridized carbons (Fsp3) is 0.217. The molecule has 0 spiro atoms. The second-order valence-corrected chi connectivity index (χ2v) is 8.13. The Morgan fingerprint density at radius 2 is 1.94 bits per heavy atom. The highest BCUT2D eigenvalue weighted by molar-refractivity contribution is 9.10. The second-order valence-electron chi connectivity index (χ2n) is 6.27. The van der Waals surface area contributed by atoms with Crippen molar-refractivity contribution in [3.8, 4) is 29.6 Å². The molecule has 0 aliphatic carbocycles. The van der Waals surface area contributed by atoms with Crippen molar-refractivity contribution < 1.29 is 19.0 Å². The third-order valence-corrected chi connectivity index (χ3v) is 6.08. The van der Waals surface area contributed by atoms with Crippen molar-refractivity contribution in [1.29, 1.82) is 0 Å². The number of nitrogens with zero attached hydrogens (tertiary/aromatic N) is 2. The van der Waals surface area contributed by atoms with Crippen molar-refractivity contribution in [2.75, 3.05) is 27.4 Å². The summed E-state index contributed by atoms with van der Waals surface area (Å²) in [6, 6.07) is 10.9. The number of rotatable bonds is 7. The molecule has 2 aromatic carbocycles. The largest absolute Gasteiger partial charge is 0.497 e. The van der Waals surface area contributed by atoms with E-state index in [0.29, 0.717) is 28.1 Å². The first-order valence-electron chi connectivity index (χ1n) is 9.38. The first kappa shape index (κ1) is 22.8. The molecule has 0 atom stereocenters. The SMILES string of the molecule is C#CCOc1cc(Br)c(/C=C2/SC(=Nc3ccc(OC)cc3)N(CC)C2=O)cc1OC. The molecule has 1 heterocycles. The molecule has 31 heavy (non-hydrogen) atoms. The zero-order chi connectivity index (χ0) is 22.4. The molecule has 0 saturated carbocycles. The number of likely N-dealkylation sites (N-methyl/N-ethyl adjacent to an activating group) is 1. The Hall–Kier alpha value is -2.89. The van der Waals surface area contributed by atoms with Gasteiger partial charge in [-0.25, -0.2) is 4.99 Å². The van der Waals surface area contributed by atoms with Crippen molar-refractivity contribution in [2.24, 2.45) is 4.99 Å². The van der Waals surface area contributed by atoms with E-state index in [2.05, 4.69) is 26.8 Å². The summed E-state index contributed by atoms with van der Waals surface area (Å²) in [5, 5.41) is 0.626. The van der Waals surface area contributed by atoms with E-state index in [9.17, 15) is 4.79 Å². The normalized spacial score (nSPS) is 16.0. The summed E-state index contributed by atoms with van der Waals surface area (Å²) >= 11 is 4.86. The van der Waals surface area contributed by atoms with Crippen molar-refractivity contribution in [1.82, 2.24) is 4.90 Å². The van der Waals surface area contributed by atoms with Crippen LogP contribution in [0.5, 0.6) is 17.2 Å². The van der Waals surface area contributed by atoms with Crippen molar-refractivity contribution in [2.45, 2.75) is 6.92 Å². The minimum Gasteiger partial charge on any atom is -0.497 e. The van der Waals surface area contributed by atoms with Gasteiger partial charge in [0.1, 0.15) is 12.4 Å². The summed E-state index contributed by atoms with van der Waals surface area (Å²) in [7, 11) is 3.17. The van der Waals surface area contributed by atoms with Gasteiger partial charge in [0, 0.05) is 11.0 Å². The lowest BCUT2D eigenvalue weighted by molar-refractivity contribution is -0.122. The molecule has 1 amide bonds. The molecule has 6 nitrogen and oxygen atoms in total. The van der Waals surface area contributed by atoms with Gasteiger partial charge in [-0.2, -0.15) is 0 Å². The number of thioether (sulfide) groups is 1. The van der Waals surface area contributed by atoms with Crippen LogP contribution in [-0.4, -0.2) is 43.3 Å². The number of hydrogen-bond donors (Lipinski definition) is 0. The zero-order valence-electron chi connectivity index (χ0n) is 17.3. The van der Waals surface area contributed by atoms with Crippen LogP contribution in [0.2, 0.25) is 0 Å². The number of methoxy groups -OCH3 is 2. The fourth-order valence-corrected chi connectivity index (χ4v) is 4.32. The van der Waals surface area contributed by atoms with E-state index in [1.807, 2.05) is 37.3 Å². The van der Waals surface area contributed by atoms with Crippen LogP contribution in [0.15, 0.2) is 50.8 Å².